The number of aliphatic carboxylic acids is 1. The molecule has 112 valence electrons. The number of hydrogen-bond acceptors (Lipinski definition) is 5. The molecule has 7 heteroatoms. The van der Waals surface area contributed by atoms with Crippen LogP contribution in [0.5, 0.6) is 0 Å². The molecule has 21 heavy (non-hydrogen) atoms. The molecule has 0 aliphatic carbocycles. The van der Waals surface area contributed by atoms with Crippen molar-refractivity contribution in [2.45, 2.75) is 20.3 Å². The van der Waals surface area contributed by atoms with Crippen LogP contribution < -0.4 is 5.32 Å². The number of hydrogen-bond donors (Lipinski definition) is 2. The second kappa shape index (κ2) is 7.90. The maximum absolute atomic E-state index is 11.6. The molecule has 0 aliphatic rings. The molecule has 0 fully saturated rings. The predicted molar refractivity (Wildman–Crippen MR) is 87.4 cm³/mol. The lowest BCUT2D eigenvalue weighted by molar-refractivity contribution is -0.136. The van der Waals surface area contributed by atoms with Gasteiger partial charge in [0.2, 0.25) is 0 Å². The lowest BCUT2D eigenvalue weighted by Crippen LogP contribution is -2.11. The van der Waals surface area contributed by atoms with Crippen LogP contribution >= 0.6 is 24.0 Å². The first-order valence-corrected chi connectivity index (χ1v) is 7.52. The van der Waals surface area contributed by atoms with Crippen molar-refractivity contribution in [2.24, 2.45) is 0 Å². The Morgan fingerprint density at radius 2 is 1.90 bits per heavy atom. The van der Waals surface area contributed by atoms with Crippen LogP contribution in [0.25, 0.3) is 0 Å². The number of carbonyl (C=O) groups excluding carboxylic acids is 2. The zero-order chi connectivity index (χ0) is 16.0. The third-order valence-corrected chi connectivity index (χ3v) is 3.82. The van der Waals surface area contributed by atoms with Crippen molar-refractivity contribution in [3.05, 3.63) is 29.3 Å². The number of thiocarbonyl (C=S) groups is 1. The van der Waals surface area contributed by atoms with Crippen LogP contribution in [0.2, 0.25) is 0 Å². The first kappa shape index (κ1) is 17.3. The molecule has 0 amide bonds. The molecule has 0 atom stereocenters. The van der Waals surface area contributed by atoms with E-state index in [2.05, 4.69) is 5.32 Å². The molecule has 0 saturated heterocycles. The normalized spacial score (nSPS) is 10.0. The number of anilines is 1. The van der Waals surface area contributed by atoms with E-state index in [9.17, 15) is 14.4 Å². The second-order valence-corrected chi connectivity index (χ2v) is 6.05. The topological polar surface area (TPSA) is 83.5 Å². The monoisotopic (exact) mass is 325 g/mol. The van der Waals surface area contributed by atoms with E-state index in [4.69, 9.17) is 17.3 Å². The number of carboxylic acids is 1. The molecular weight excluding hydrogens is 310 g/mol. The molecule has 0 aliphatic heterocycles. The highest BCUT2D eigenvalue weighted by molar-refractivity contribution is 8.23. The Balaban J connectivity index is 2.82. The number of ketones is 2. The number of thioether (sulfide) groups is 1. The van der Waals surface area contributed by atoms with Crippen molar-refractivity contribution in [2.75, 3.05) is 11.1 Å². The van der Waals surface area contributed by atoms with Gasteiger partial charge in [0, 0.05) is 16.9 Å². The largest absolute Gasteiger partial charge is 0.481 e. The molecule has 0 saturated carbocycles. The highest BCUT2D eigenvalue weighted by Crippen LogP contribution is 2.21. The predicted octanol–water partition coefficient (Wildman–Crippen LogP) is 3.00. The number of carboxylic acid groups (broad SMARTS) is 1. The summed E-state index contributed by atoms with van der Waals surface area (Å²) in [6, 6.07) is 4.76. The van der Waals surface area contributed by atoms with Crippen LogP contribution in [-0.4, -0.2) is 32.7 Å². The summed E-state index contributed by atoms with van der Waals surface area (Å²) in [6.45, 7) is 2.84. The van der Waals surface area contributed by atoms with Gasteiger partial charge in [0.1, 0.15) is 4.32 Å². The molecule has 0 unspecified atom stereocenters. The van der Waals surface area contributed by atoms with Crippen LogP contribution in [0.1, 0.15) is 41.0 Å². The summed E-state index contributed by atoms with van der Waals surface area (Å²) in [6.07, 6.45) is 0.00925. The molecule has 0 aromatic heterocycles. The fourth-order valence-corrected chi connectivity index (χ4v) is 2.54. The maximum atomic E-state index is 11.6. The highest BCUT2D eigenvalue weighted by atomic mass is 32.2. The van der Waals surface area contributed by atoms with Crippen molar-refractivity contribution in [3.8, 4) is 0 Å². The van der Waals surface area contributed by atoms with Crippen LogP contribution in [0.15, 0.2) is 18.2 Å². The Kier molecular flexibility index (Phi) is 6.51. The minimum Gasteiger partial charge on any atom is -0.481 e. The van der Waals surface area contributed by atoms with Crippen molar-refractivity contribution >= 4 is 51.5 Å². The quantitative estimate of drug-likeness (QED) is 0.614. The number of benzene rings is 1. The van der Waals surface area contributed by atoms with Crippen LogP contribution in [0.4, 0.5) is 5.69 Å². The van der Waals surface area contributed by atoms with E-state index in [1.807, 2.05) is 0 Å². The fraction of sp³-hybridized carbons (Fsp3) is 0.286. The third kappa shape index (κ3) is 5.65. The van der Waals surface area contributed by atoms with Crippen molar-refractivity contribution < 1.29 is 19.5 Å². The number of rotatable bonds is 6. The summed E-state index contributed by atoms with van der Waals surface area (Å²) in [5.74, 6) is -0.843. The van der Waals surface area contributed by atoms with E-state index in [1.54, 1.807) is 12.1 Å². The smallest absolute Gasteiger partial charge is 0.304 e. The third-order valence-electron chi connectivity index (χ3n) is 2.59. The highest BCUT2D eigenvalue weighted by Gasteiger charge is 2.12. The summed E-state index contributed by atoms with van der Waals surface area (Å²) >= 11 is 6.29. The Bertz CT molecular complexity index is 599. The van der Waals surface area contributed by atoms with Gasteiger partial charge in [-0.1, -0.05) is 24.0 Å². The minimum atomic E-state index is -0.888. The van der Waals surface area contributed by atoms with Gasteiger partial charge in [0.15, 0.2) is 11.6 Å². The van der Waals surface area contributed by atoms with E-state index < -0.39 is 5.97 Å². The van der Waals surface area contributed by atoms with Gasteiger partial charge in [-0.15, -0.1) is 0 Å². The van der Waals surface area contributed by atoms with Crippen molar-refractivity contribution in [1.29, 1.82) is 0 Å². The van der Waals surface area contributed by atoms with Crippen LogP contribution in [-0.2, 0) is 4.79 Å². The van der Waals surface area contributed by atoms with Crippen molar-refractivity contribution in [3.63, 3.8) is 0 Å². The van der Waals surface area contributed by atoms with Gasteiger partial charge in [-0.2, -0.15) is 0 Å². The molecular formula is C14H15NO4S2. The van der Waals surface area contributed by atoms with E-state index in [0.29, 0.717) is 26.9 Å². The number of Topliss-reactive ketones (excluding diaryl/α,β-unsaturated/α-hetero) is 2. The van der Waals surface area contributed by atoms with Gasteiger partial charge in [-0.3, -0.25) is 14.4 Å². The van der Waals surface area contributed by atoms with Crippen LogP contribution in [0, 0.1) is 0 Å². The molecule has 0 radical (unpaired) electrons. The first-order chi connectivity index (χ1) is 9.81. The number of carbonyl (C=O) groups is 3. The van der Waals surface area contributed by atoms with Gasteiger partial charge in [0.05, 0.1) is 12.1 Å². The van der Waals surface area contributed by atoms with Gasteiger partial charge in [-0.05, 0) is 32.0 Å². The average molecular weight is 325 g/mol. The first-order valence-electron chi connectivity index (χ1n) is 6.12. The molecule has 1 aromatic rings. The molecule has 5 nitrogen and oxygen atoms in total. The number of nitrogens with one attached hydrogen (secondary N) is 1. The summed E-state index contributed by atoms with van der Waals surface area (Å²) < 4.78 is 0.384. The molecule has 0 heterocycles. The zero-order valence-electron chi connectivity index (χ0n) is 11.6. The van der Waals surface area contributed by atoms with E-state index in [1.165, 1.54) is 31.7 Å². The van der Waals surface area contributed by atoms with Crippen molar-refractivity contribution in [1.82, 2.24) is 0 Å². The SMILES string of the molecule is CC(=O)c1ccc(NC(=S)SCCC(=O)O)c(C(C)=O)c1. The summed E-state index contributed by atoms with van der Waals surface area (Å²) in [4.78, 5) is 33.4. The second-order valence-electron chi connectivity index (χ2n) is 4.28. The lowest BCUT2D eigenvalue weighted by atomic mass is 10.0. The zero-order valence-corrected chi connectivity index (χ0v) is 13.3. The Hall–Kier alpha value is -1.73. The lowest BCUT2D eigenvalue weighted by Gasteiger charge is -2.11. The summed E-state index contributed by atoms with van der Waals surface area (Å²) in [7, 11) is 0. The van der Waals surface area contributed by atoms with Crippen LogP contribution in [0.3, 0.4) is 0 Å². The molecule has 1 rings (SSSR count). The van der Waals surface area contributed by atoms with Gasteiger partial charge < -0.3 is 10.4 Å². The summed E-state index contributed by atoms with van der Waals surface area (Å²) in [5, 5.41) is 11.5. The van der Waals surface area contributed by atoms with Gasteiger partial charge in [-0.25, -0.2) is 0 Å². The van der Waals surface area contributed by atoms with E-state index in [-0.39, 0.29) is 18.0 Å². The molecule has 0 spiro atoms. The van der Waals surface area contributed by atoms with E-state index in [0.717, 1.165) is 0 Å². The molecule has 0 bridgehead atoms. The molecule has 2 N–H and O–H groups in total. The Labute approximate surface area is 132 Å². The maximum Gasteiger partial charge on any atom is 0.304 e. The van der Waals surface area contributed by atoms with Gasteiger partial charge >= 0.3 is 5.97 Å². The minimum absolute atomic E-state index is 0.00925. The summed E-state index contributed by atoms with van der Waals surface area (Å²) in [5.41, 5.74) is 1.35. The standard InChI is InChI=1S/C14H15NO4S2/c1-8(16)10-3-4-12(11(7-10)9(2)17)15-14(20)21-6-5-13(18)19/h3-4,7H,5-6H2,1-2H3,(H,15,20)(H,18,19). The Morgan fingerprint density at radius 3 is 2.43 bits per heavy atom. The average Bonchev–Trinajstić information content (AvgIpc) is 2.38. The van der Waals surface area contributed by atoms with Gasteiger partial charge in [0.25, 0.3) is 0 Å². The molecule has 1 aromatic carbocycles. The van der Waals surface area contributed by atoms with E-state index >= 15 is 0 Å². The Morgan fingerprint density at radius 1 is 1.24 bits per heavy atom. The fourth-order valence-electron chi connectivity index (χ4n) is 1.54.